The molecule has 6 heteroatoms. The average Bonchev–Trinajstić information content (AvgIpc) is 2.18. The van der Waals surface area contributed by atoms with E-state index < -0.39 is 15.9 Å². The van der Waals surface area contributed by atoms with Gasteiger partial charge in [-0.2, -0.15) is 0 Å². The van der Waals surface area contributed by atoms with Gasteiger partial charge in [0.1, 0.15) is 9.84 Å². The van der Waals surface area contributed by atoms with Crippen molar-refractivity contribution < 1.29 is 13.2 Å². The lowest BCUT2D eigenvalue weighted by molar-refractivity contribution is 0.0943. The number of hydrogen-bond donors (Lipinski definition) is 1. The van der Waals surface area contributed by atoms with Crippen LogP contribution in [0.3, 0.4) is 0 Å². The molecule has 18 heavy (non-hydrogen) atoms. The highest BCUT2D eigenvalue weighted by Gasteiger charge is 2.14. The molecule has 0 fully saturated rings. The zero-order valence-corrected chi connectivity index (χ0v) is 12.9. The highest BCUT2D eigenvalue weighted by Crippen LogP contribution is 2.17. The number of aryl methyl sites for hydroxylation is 1. The first-order valence-corrected chi connectivity index (χ1v) is 8.29. The lowest BCUT2D eigenvalue weighted by Gasteiger charge is -2.13. The summed E-state index contributed by atoms with van der Waals surface area (Å²) in [4.78, 5) is 11.9. The molecule has 1 aromatic rings. The zero-order valence-electron chi connectivity index (χ0n) is 10.5. The van der Waals surface area contributed by atoms with E-state index in [1.54, 1.807) is 19.1 Å². The first-order chi connectivity index (χ1) is 8.19. The topological polar surface area (TPSA) is 63.2 Å². The Morgan fingerprint density at radius 1 is 1.44 bits per heavy atom. The number of amides is 1. The number of sulfone groups is 1. The van der Waals surface area contributed by atoms with E-state index in [1.807, 2.05) is 13.0 Å². The normalized spacial score (nSPS) is 13.1. The Morgan fingerprint density at radius 3 is 2.56 bits per heavy atom. The van der Waals surface area contributed by atoms with Crippen LogP contribution >= 0.6 is 15.9 Å². The van der Waals surface area contributed by atoms with Gasteiger partial charge in [-0.1, -0.05) is 22.0 Å². The van der Waals surface area contributed by atoms with Crippen molar-refractivity contribution in [3.8, 4) is 0 Å². The minimum atomic E-state index is -3.09. The van der Waals surface area contributed by atoms with E-state index in [2.05, 4.69) is 21.2 Å². The Hall–Kier alpha value is -0.880. The molecule has 1 atom stereocenters. The van der Waals surface area contributed by atoms with Gasteiger partial charge in [-0.3, -0.25) is 4.79 Å². The van der Waals surface area contributed by atoms with Crippen molar-refractivity contribution >= 4 is 31.7 Å². The predicted octanol–water partition coefficient (Wildman–Crippen LogP) is 1.92. The van der Waals surface area contributed by atoms with E-state index in [0.29, 0.717) is 5.56 Å². The van der Waals surface area contributed by atoms with E-state index in [-0.39, 0.29) is 11.7 Å². The molecule has 0 radical (unpaired) electrons. The van der Waals surface area contributed by atoms with Crippen molar-refractivity contribution in [2.24, 2.45) is 0 Å². The Balaban J connectivity index is 2.73. The smallest absolute Gasteiger partial charge is 0.251 e. The van der Waals surface area contributed by atoms with Gasteiger partial charge in [0.05, 0.1) is 5.75 Å². The van der Waals surface area contributed by atoms with Crippen molar-refractivity contribution in [3.63, 3.8) is 0 Å². The Bertz CT molecular complexity index is 554. The van der Waals surface area contributed by atoms with Gasteiger partial charge in [-0.25, -0.2) is 8.42 Å². The fraction of sp³-hybridized carbons (Fsp3) is 0.417. The minimum absolute atomic E-state index is 0.0637. The van der Waals surface area contributed by atoms with Crippen LogP contribution in [0.25, 0.3) is 0 Å². The molecule has 0 heterocycles. The van der Waals surface area contributed by atoms with Crippen molar-refractivity contribution in [2.75, 3.05) is 12.0 Å². The second-order valence-electron chi connectivity index (χ2n) is 4.43. The predicted molar refractivity (Wildman–Crippen MR) is 75.5 cm³/mol. The quantitative estimate of drug-likeness (QED) is 0.915. The minimum Gasteiger partial charge on any atom is -0.349 e. The molecular weight excluding hydrogens is 318 g/mol. The molecule has 4 nitrogen and oxygen atoms in total. The number of nitrogens with one attached hydrogen (secondary N) is 1. The SMILES string of the molecule is Cc1ccc(C(=O)NC(C)CS(C)(=O)=O)cc1Br. The number of benzene rings is 1. The van der Waals surface area contributed by atoms with Crippen LogP contribution in [0.2, 0.25) is 0 Å². The molecule has 1 rings (SSSR count). The van der Waals surface area contributed by atoms with E-state index in [9.17, 15) is 13.2 Å². The largest absolute Gasteiger partial charge is 0.349 e. The summed E-state index contributed by atoms with van der Waals surface area (Å²) in [5, 5.41) is 2.66. The first kappa shape index (κ1) is 15.2. The summed E-state index contributed by atoms with van der Waals surface area (Å²) in [6, 6.07) is 4.85. The molecule has 0 aliphatic heterocycles. The van der Waals surface area contributed by atoms with E-state index in [4.69, 9.17) is 0 Å². The van der Waals surface area contributed by atoms with Crippen LogP contribution in [-0.2, 0) is 9.84 Å². The summed E-state index contributed by atoms with van der Waals surface area (Å²) in [7, 11) is -3.09. The van der Waals surface area contributed by atoms with Crippen LogP contribution in [-0.4, -0.2) is 32.4 Å². The second kappa shape index (κ2) is 5.84. The molecule has 0 aliphatic carbocycles. The molecule has 0 saturated carbocycles. The van der Waals surface area contributed by atoms with Crippen molar-refractivity contribution in [1.82, 2.24) is 5.32 Å². The lowest BCUT2D eigenvalue weighted by atomic mass is 10.1. The maximum absolute atomic E-state index is 11.9. The van der Waals surface area contributed by atoms with Crippen LogP contribution in [0.4, 0.5) is 0 Å². The third-order valence-corrected chi connectivity index (χ3v) is 4.32. The molecule has 1 N–H and O–H groups in total. The average molecular weight is 334 g/mol. The third kappa shape index (κ3) is 4.78. The van der Waals surface area contributed by atoms with Crippen molar-refractivity contribution in [3.05, 3.63) is 33.8 Å². The molecule has 0 saturated heterocycles. The molecule has 0 aliphatic rings. The molecule has 1 unspecified atom stereocenters. The zero-order chi connectivity index (χ0) is 13.9. The number of halogens is 1. The lowest BCUT2D eigenvalue weighted by Crippen LogP contribution is -2.37. The number of hydrogen-bond acceptors (Lipinski definition) is 3. The second-order valence-corrected chi connectivity index (χ2v) is 7.47. The van der Waals surface area contributed by atoms with E-state index >= 15 is 0 Å². The summed E-state index contributed by atoms with van der Waals surface area (Å²) in [5.74, 6) is -0.335. The van der Waals surface area contributed by atoms with Crippen LogP contribution in [0.15, 0.2) is 22.7 Å². The molecule has 1 aromatic carbocycles. The maximum atomic E-state index is 11.9. The Labute approximate surface area is 116 Å². The number of rotatable bonds is 4. The Morgan fingerprint density at radius 2 is 2.06 bits per heavy atom. The molecule has 100 valence electrons. The molecule has 1 amide bonds. The van der Waals surface area contributed by atoms with Crippen LogP contribution < -0.4 is 5.32 Å². The summed E-state index contributed by atoms with van der Waals surface area (Å²) in [6.45, 7) is 3.60. The third-order valence-electron chi connectivity index (χ3n) is 2.36. The van der Waals surface area contributed by atoms with Crippen LogP contribution in [0.1, 0.15) is 22.8 Å². The first-order valence-electron chi connectivity index (χ1n) is 5.44. The van der Waals surface area contributed by atoms with E-state index in [1.165, 1.54) is 0 Å². The van der Waals surface area contributed by atoms with Gasteiger partial charge >= 0.3 is 0 Å². The summed E-state index contributed by atoms with van der Waals surface area (Å²) >= 11 is 3.35. The summed E-state index contributed by atoms with van der Waals surface area (Å²) in [6.07, 6.45) is 1.15. The molecule has 0 spiro atoms. The standard InChI is InChI=1S/C12H16BrNO3S/c1-8-4-5-10(6-11(8)13)12(15)14-9(2)7-18(3,16)17/h4-6,9H,7H2,1-3H3,(H,14,15). The van der Waals surface area contributed by atoms with Gasteiger partial charge in [-0.15, -0.1) is 0 Å². The molecule has 0 bridgehead atoms. The maximum Gasteiger partial charge on any atom is 0.251 e. The van der Waals surface area contributed by atoms with Gasteiger partial charge in [0.15, 0.2) is 0 Å². The molecular formula is C12H16BrNO3S. The highest BCUT2D eigenvalue weighted by atomic mass is 79.9. The van der Waals surface area contributed by atoms with Gasteiger partial charge in [0.25, 0.3) is 5.91 Å². The Kier molecular flexibility index (Phi) is 4.92. The monoisotopic (exact) mass is 333 g/mol. The number of carbonyl (C=O) groups is 1. The van der Waals surface area contributed by atoms with Gasteiger partial charge in [-0.05, 0) is 31.5 Å². The number of carbonyl (C=O) groups excluding carboxylic acids is 1. The molecule has 0 aromatic heterocycles. The fourth-order valence-electron chi connectivity index (χ4n) is 1.54. The van der Waals surface area contributed by atoms with Gasteiger partial charge < -0.3 is 5.32 Å². The summed E-state index contributed by atoms with van der Waals surface area (Å²) in [5.41, 5.74) is 1.54. The van der Waals surface area contributed by atoms with Gasteiger partial charge in [0, 0.05) is 22.3 Å². The van der Waals surface area contributed by atoms with Gasteiger partial charge in [0.2, 0.25) is 0 Å². The fourth-order valence-corrected chi connectivity index (χ4v) is 2.91. The van der Waals surface area contributed by atoms with E-state index in [0.717, 1.165) is 16.3 Å². The van der Waals surface area contributed by atoms with Crippen molar-refractivity contribution in [2.45, 2.75) is 19.9 Å². The van der Waals surface area contributed by atoms with Crippen LogP contribution in [0, 0.1) is 6.92 Å². The summed E-state index contributed by atoms with van der Waals surface area (Å²) < 4.78 is 23.1. The van der Waals surface area contributed by atoms with Crippen LogP contribution in [0.5, 0.6) is 0 Å². The van der Waals surface area contributed by atoms with Crippen molar-refractivity contribution in [1.29, 1.82) is 0 Å². The highest BCUT2D eigenvalue weighted by molar-refractivity contribution is 9.10.